The van der Waals surface area contributed by atoms with Crippen LogP contribution >= 0.6 is 0 Å². The Labute approximate surface area is 156 Å². The van der Waals surface area contributed by atoms with Crippen molar-refractivity contribution in [2.24, 2.45) is 0 Å². The standard InChI is InChI=1S/C18H20FN3O4S/c1-20-27(25,26)14-9-10-17(18(11-14)22(23)24)21-16-4-2-3-15(16)12-5-7-13(19)8-6-12/h5-11,15-16,20-21H,2-4H2,1H3. The zero-order valence-corrected chi connectivity index (χ0v) is 15.5. The Morgan fingerprint density at radius 1 is 1.15 bits per heavy atom. The van der Waals surface area contributed by atoms with Crippen molar-refractivity contribution in [3.05, 3.63) is 64.0 Å². The van der Waals surface area contributed by atoms with Gasteiger partial charge >= 0.3 is 0 Å². The summed E-state index contributed by atoms with van der Waals surface area (Å²) < 4.78 is 39.1. The lowest BCUT2D eigenvalue weighted by Gasteiger charge is -2.22. The molecule has 2 atom stereocenters. The average molecular weight is 393 g/mol. The summed E-state index contributed by atoms with van der Waals surface area (Å²) in [5.74, 6) is -0.204. The third kappa shape index (κ3) is 4.09. The highest BCUT2D eigenvalue weighted by atomic mass is 32.2. The van der Waals surface area contributed by atoms with Gasteiger partial charge in [0.2, 0.25) is 10.0 Å². The van der Waals surface area contributed by atoms with Crippen LogP contribution in [0, 0.1) is 15.9 Å². The molecular formula is C18H20FN3O4S. The largest absolute Gasteiger partial charge is 0.376 e. The lowest BCUT2D eigenvalue weighted by atomic mass is 9.94. The minimum Gasteiger partial charge on any atom is -0.376 e. The second-order valence-corrected chi connectivity index (χ2v) is 8.37. The highest BCUT2D eigenvalue weighted by Crippen LogP contribution is 2.38. The molecule has 1 aliphatic rings. The molecule has 0 bridgehead atoms. The van der Waals surface area contributed by atoms with Crippen LogP contribution in [0.2, 0.25) is 0 Å². The van der Waals surface area contributed by atoms with Gasteiger partial charge in [0.15, 0.2) is 0 Å². The molecule has 2 N–H and O–H groups in total. The zero-order chi connectivity index (χ0) is 19.6. The van der Waals surface area contributed by atoms with E-state index in [2.05, 4.69) is 10.0 Å². The van der Waals surface area contributed by atoms with E-state index in [-0.39, 0.29) is 34.0 Å². The van der Waals surface area contributed by atoms with Gasteiger partial charge in [0.05, 0.1) is 9.82 Å². The molecule has 1 fully saturated rings. The van der Waals surface area contributed by atoms with Gasteiger partial charge in [0, 0.05) is 18.0 Å². The highest BCUT2D eigenvalue weighted by Gasteiger charge is 2.30. The first-order valence-electron chi connectivity index (χ1n) is 8.56. The molecule has 2 aromatic carbocycles. The number of hydrogen-bond donors (Lipinski definition) is 2. The van der Waals surface area contributed by atoms with Crippen molar-refractivity contribution in [2.75, 3.05) is 12.4 Å². The molecule has 2 aromatic rings. The van der Waals surface area contributed by atoms with Crippen LogP contribution in [0.5, 0.6) is 0 Å². The van der Waals surface area contributed by atoms with Gasteiger partial charge < -0.3 is 5.32 Å². The van der Waals surface area contributed by atoms with E-state index in [4.69, 9.17) is 0 Å². The summed E-state index contributed by atoms with van der Waals surface area (Å²) >= 11 is 0. The fraction of sp³-hybridized carbons (Fsp3) is 0.333. The maximum atomic E-state index is 13.2. The van der Waals surface area contributed by atoms with Crippen LogP contribution in [0.25, 0.3) is 0 Å². The summed E-state index contributed by atoms with van der Waals surface area (Å²) in [6.07, 6.45) is 2.65. The van der Waals surface area contributed by atoms with E-state index in [0.717, 1.165) is 30.9 Å². The Kier molecular flexibility index (Phi) is 5.43. The number of anilines is 1. The number of nitro groups is 1. The Bertz CT molecular complexity index is 948. The average Bonchev–Trinajstić information content (AvgIpc) is 3.10. The van der Waals surface area contributed by atoms with Gasteiger partial charge in [-0.25, -0.2) is 17.5 Å². The molecule has 3 rings (SSSR count). The first-order valence-corrected chi connectivity index (χ1v) is 10.0. The molecule has 9 heteroatoms. The molecule has 7 nitrogen and oxygen atoms in total. The quantitative estimate of drug-likeness (QED) is 0.579. The summed E-state index contributed by atoms with van der Waals surface area (Å²) in [5, 5.41) is 14.7. The van der Waals surface area contributed by atoms with E-state index in [9.17, 15) is 22.9 Å². The van der Waals surface area contributed by atoms with Gasteiger partial charge in [-0.1, -0.05) is 18.6 Å². The molecule has 27 heavy (non-hydrogen) atoms. The number of nitrogens with one attached hydrogen (secondary N) is 2. The van der Waals surface area contributed by atoms with Crippen LogP contribution in [0.1, 0.15) is 30.7 Å². The number of rotatable bonds is 6. The number of hydrogen-bond acceptors (Lipinski definition) is 5. The molecule has 0 spiro atoms. The molecule has 0 aliphatic heterocycles. The van der Waals surface area contributed by atoms with Gasteiger partial charge in [-0.2, -0.15) is 0 Å². The maximum absolute atomic E-state index is 13.2. The van der Waals surface area contributed by atoms with Crippen molar-refractivity contribution in [3.8, 4) is 0 Å². The molecular weight excluding hydrogens is 373 g/mol. The van der Waals surface area contributed by atoms with Crippen molar-refractivity contribution in [3.63, 3.8) is 0 Å². The minimum atomic E-state index is -3.77. The number of halogens is 1. The molecule has 0 saturated heterocycles. The fourth-order valence-electron chi connectivity index (χ4n) is 3.51. The van der Waals surface area contributed by atoms with Gasteiger partial charge in [-0.05, 0) is 49.7 Å². The maximum Gasteiger partial charge on any atom is 0.293 e. The minimum absolute atomic E-state index is 0.0547. The fourth-order valence-corrected chi connectivity index (χ4v) is 4.26. The summed E-state index contributed by atoms with van der Waals surface area (Å²) in [7, 11) is -2.52. The van der Waals surface area contributed by atoms with Crippen molar-refractivity contribution in [2.45, 2.75) is 36.1 Å². The van der Waals surface area contributed by atoms with E-state index in [1.807, 2.05) is 0 Å². The topological polar surface area (TPSA) is 101 Å². The molecule has 144 valence electrons. The molecule has 0 radical (unpaired) electrons. The molecule has 2 unspecified atom stereocenters. The van der Waals surface area contributed by atoms with E-state index in [0.29, 0.717) is 0 Å². The van der Waals surface area contributed by atoms with E-state index in [1.165, 1.54) is 31.3 Å². The van der Waals surface area contributed by atoms with E-state index in [1.54, 1.807) is 12.1 Å². The summed E-state index contributed by atoms with van der Waals surface area (Å²) in [6, 6.07) is 10.0. The van der Waals surface area contributed by atoms with Crippen LogP contribution in [-0.4, -0.2) is 26.4 Å². The Balaban J connectivity index is 1.90. The number of nitrogens with zero attached hydrogens (tertiary/aromatic N) is 1. The number of benzene rings is 2. The number of nitro benzene ring substituents is 1. The van der Waals surface area contributed by atoms with E-state index >= 15 is 0 Å². The van der Waals surface area contributed by atoms with Gasteiger partial charge in [0.25, 0.3) is 5.69 Å². The van der Waals surface area contributed by atoms with E-state index < -0.39 is 14.9 Å². The predicted octanol–water partition coefficient (Wildman–Crippen LogP) is 3.39. The first-order chi connectivity index (χ1) is 12.8. The zero-order valence-electron chi connectivity index (χ0n) is 14.7. The molecule has 1 saturated carbocycles. The molecule has 1 aliphatic carbocycles. The molecule has 0 aromatic heterocycles. The molecule has 0 amide bonds. The van der Waals surface area contributed by atoms with Crippen LogP contribution in [0.15, 0.2) is 47.4 Å². The van der Waals surface area contributed by atoms with Crippen LogP contribution in [0.3, 0.4) is 0 Å². The summed E-state index contributed by atoms with van der Waals surface area (Å²) in [5.41, 5.74) is 0.952. The smallest absolute Gasteiger partial charge is 0.293 e. The highest BCUT2D eigenvalue weighted by molar-refractivity contribution is 7.89. The Morgan fingerprint density at radius 2 is 1.85 bits per heavy atom. The third-order valence-corrected chi connectivity index (χ3v) is 6.31. The van der Waals surface area contributed by atoms with Crippen LogP contribution in [0.4, 0.5) is 15.8 Å². The Morgan fingerprint density at radius 3 is 2.48 bits per heavy atom. The van der Waals surface area contributed by atoms with Crippen molar-refractivity contribution in [1.82, 2.24) is 4.72 Å². The second-order valence-electron chi connectivity index (χ2n) is 6.48. The van der Waals surface area contributed by atoms with Crippen LogP contribution < -0.4 is 10.0 Å². The van der Waals surface area contributed by atoms with Crippen molar-refractivity contribution >= 4 is 21.4 Å². The second kappa shape index (κ2) is 7.61. The lowest BCUT2D eigenvalue weighted by molar-refractivity contribution is -0.384. The monoisotopic (exact) mass is 393 g/mol. The summed E-state index contributed by atoms with van der Waals surface area (Å²) in [4.78, 5) is 10.7. The van der Waals surface area contributed by atoms with Gasteiger partial charge in [-0.15, -0.1) is 0 Å². The third-order valence-electron chi connectivity index (χ3n) is 4.90. The van der Waals surface area contributed by atoms with Crippen molar-refractivity contribution < 1.29 is 17.7 Å². The number of sulfonamides is 1. The first kappa shape index (κ1) is 19.2. The van der Waals surface area contributed by atoms with Crippen LogP contribution in [-0.2, 0) is 10.0 Å². The molecule has 0 heterocycles. The normalized spacial score (nSPS) is 19.8. The van der Waals surface area contributed by atoms with Crippen molar-refractivity contribution in [1.29, 1.82) is 0 Å². The van der Waals surface area contributed by atoms with Gasteiger partial charge in [0.1, 0.15) is 11.5 Å². The van der Waals surface area contributed by atoms with Gasteiger partial charge in [-0.3, -0.25) is 10.1 Å². The Hall–Kier alpha value is -2.52. The lowest BCUT2D eigenvalue weighted by Crippen LogP contribution is -2.23. The summed E-state index contributed by atoms with van der Waals surface area (Å²) in [6.45, 7) is 0. The predicted molar refractivity (Wildman–Crippen MR) is 99.7 cm³/mol. The SMILES string of the molecule is CNS(=O)(=O)c1ccc(NC2CCCC2c2ccc(F)cc2)c([N+](=O)[O-])c1.